The summed E-state index contributed by atoms with van der Waals surface area (Å²) in [6.45, 7) is 4.30. The van der Waals surface area contributed by atoms with Crippen molar-refractivity contribution in [3.63, 3.8) is 0 Å². The van der Waals surface area contributed by atoms with Gasteiger partial charge in [-0.2, -0.15) is 10.2 Å². The van der Waals surface area contributed by atoms with Crippen molar-refractivity contribution in [1.29, 1.82) is 0 Å². The fourth-order valence-electron chi connectivity index (χ4n) is 5.27. The lowest BCUT2D eigenvalue weighted by molar-refractivity contribution is 0.00179. The maximum Gasteiger partial charge on any atom is 0.257 e. The summed E-state index contributed by atoms with van der Waals surface area (Å²) in [7, 11) is 1.84. The van der Waals surface area contributed by atoms with Gasteiger partial charge >= 0.3 is 0 Å². The molecule has 1 amide bonds. The summed E-state index contributed by atoms with van der Waals surface area (Å²) in [5, 5.41) is 11.9. The molecule has 2 saturated heterocycles. The molecule has 8 nitrogen and oxygen atoms in total. The number of likely N-dealkylation sites (tertiary alicyclic amines) is 2. The van der Waals surface area contributed by atoms with Crippen molar-refractivity contribution >= 4 is 5.91 Å². The second-order valence-corrected chi connectivity index (χ2v) is 9.49. The maximum atomic E-state index is 12.9. The number of carbonyl (C=O) groups is 1. The van der Waals surface area contributed by atoms with Crippen molar-refractivity contribution < 1.29 is 4.79 Å². The average Bonchev–Trinajstić information content (AvgIpc) is 3.15. The van der Waals surface area contributed by atoms with Crippen LogP contribution in [0.15, 0.2) is 42.7 Å². The summed E-state index contributed by atoms with van der Waals surface area (Å²) in [5.74, 6) is 2.82. The minimum Gasteiger partial charge on any atom is -0.337 e. The number of benzene rings is 1. The summed E-state index contributed by atoms with van der Waals surface area (Å²) >= 11 is 0. The molecule has 3 fully saturated rings. The van der Waals surface area contributed by atoms with E-state index in [1.165, 1.54) is 18.4 Å². The van der Waals surface area contributed by atoms with Crippen LogP contribution in [0.4, 0.5) is 0 Å². The van der Waals surface area contributed by atoms with Crippen LogP contribution < -0.4 is 0 Å². The van der Waals surface area contributed by atoms with Crippen LogP contribution in [-0.4, -0.2) is 66.8 Å². The van der Waals surface area contributed by atoms with Crippen molar-refractivity contribution in [1.82, 2.24) is 34.8 Å². The van der Waals surface area contributed by atoms with E-state index in [1.54, 1.807) is 17.1 Å². The first kappa shape index (κ1) is 18.7. The number of H-pyrrole nitrogens is 1. The molecule has 6 rings (SSSR count). The van der Waals surface area contributed by atoms with E-state index in [-0.39, 0.29) is 17.2 Å². The zero-order valence-corrected chi connectivity index (χ0v) is 17.7. The molecule has 2 aromatic heterocycles. The van der Waals surface area contributed by atoms with Crippen LogP contribution in [0.5, 0.6) is 0 Å². The smallest absolute Gasteiger partial charge is 0.257 e. The molecule has 3 aromatic rings. The van der Waals surface area contributed by atoms with Gasteiger partial charge in [0.1, 0.15) is 5.82 Å². The second-order valence-electron chi connectivity index (χ2n) is 9.49. The fourth-order valence-corrected chi connectivity index (χ4v) is 5.27. The molecule has 3 aliphatic rings. The summed E-state index contributed by atoms with van der Waals surface area (Å²) in [4.78, 5) is 22.3. The van der Waals surface area contributed by atoms with Crippen molar-refractivity contribution in [3.05, 3.63) is 65.5 Å². The van der Waals surface area contributed by atoms with E-state index in [2.05, 4.69) is 50.5 Å². The first-order valence-corrected chi connectivity index (χ1v) is 11.1. The number of hydrogen-bond donors (Lipinski definition) is 1. The zero-order chi connectivity index (χ0) is 21.0. The molecule has 1 N–H and O–H groups in total. The molecule has 1 aliphatic carbocycles. The molecule has 31 heavy (non-hydrogen) atoms. The monoisotopic (exact) mass is 417 g/mol. The summed E-state index contributed by atoms with van der Waals surface area (Å²) in [6.07, 6.45) is 5.83. The number of rotatable bonds is 5. The maximum absolute atomic E-state index is 12.9. The Labute approximate surface area is 181 Å². The topological polar surface area (TPSA) is 82.9 Å². The lowest BCUT2D eigenvalue weighted by Crippen LogP contribution is -2.61. The molecule has 1 atom stereocenters. The lowest BCUT2D eigenvalue weighted by atomic mass is 9.71. The molecule has 2 aliphatic heterocycles. The number of nitrogens with zero attached hydrogens (tertiary/aromatic N) is 6. The van der Waals surface area contributed by atoms with E-state index in [9.17, 15) is 4.79 Å². The van der Waals surface area contributed by atoms with Crippen molar-refractivity contribution in [2.75, 3.05) is 26.2 Å². The molecule has 160 valence electrons. The van der Waals surface area contributed by atoms with Crippen LogP contribution in [0.2, 0.25) is 0 Å². The van der Waals surface area contributed by atoms with Crippen LogP contribution in [0.25, 0.3) is 0 Å². The van der Waals surface area contributed by atoms with Gasteiger partial charge in [0.2, 0.25) is 0 Å². The standard InChI is InChI=1S/C23H27N7O/c1-28-11-18(9-24-28)22(31)30-14-23(15-30)13-29(10-16-5-3-2-4-6-16)12-19(23)21-25-20(26-27-21)17-7-8-17/h2-6,9,11,17,19H,7-8,10,12-15H2,1H3,(H,25,26,27). The number of hydrogen-bond acceptors (Lipinski definition) is 5. The average molecular weight is 418 g/mol. The SMILES string of the molecule is Cn1cc(C(=O)N2CC3(CN(Cc4ccccc4)CC3c3nc(C4CC4)n[nH]3)C2)cn1. The normalized spacial score (nSPS) is 22.7. The third kappa shape index (κ3) is 3.35. The first-order chi connectivity index (χ1) is 15.1. The highest BCUT2D eigenvalue weighted by molar-refractivity contribution is 5.94. The largest absolute Gasteiger partial charge is 0.337 e. The van der Waals surface area contributed by atoms with Crippen molar-refractivity contribution in [2.24, 2.45) is 12.5 Å². The van der Waals surface area contributed by atoms with E-state index in [4.69, 9.17) is 4.98 Å². The highest BCUT2D eigenvalue weighted by Crippen LogP contribution is 2.49. The number of aryl methyl sites for hydroxylation is 1. The molecular formula is C23H27N7O. The van der Waals surface area contributed by atoms with Gasteiger partial charge in [-0.05, 0) is 18.4 Å². The Hall–Kier alpha value is -3.00. The second kappa shape index (κ2) is 7.02. The quantitative estimate of drug-likeness (QED) is 0.688. The third-order valence-electron chi connectivity index (χ3n) is 7.01. The van der Waals surface area contributed by atoms with E-state index in [0.29, 0.717) is 11.5 Å². The van der Waals surface area contributed by atoms with Gasteiger partial charge in [0.25, 0.3) is 5.91 Å². The third-order valence-corrected chi connectivity index (χ3v) is 7.01. The molecule has 0 radical (unpaired) electrons. The van der Waals surface area contributed by atoms with Gasteiger partial charge < -0.3 is 4.90 Å². The van der Waals surface area contributed by atoms with Gasteiger partial charge in [-0.15, -0.1) is 0 Å². The molecule has 1 aromatic carbocycles. The van der Waals surface area contributed by atoms with Crippen LogP contribution in [0, 0.1) is 5.41 Å². The first-order valence-electron chi connectivity index (χ1n) is 11.1. The highest BCUT2D eigenvalue weighted by atomic mass is 16.2. The number of aromatic amines is 1. The van der Waals surface area contributed by atoms with Gasteiger partial charge in [-0.1, -0.05) is 30.3 Å². The summed E-state index contributed by atoms with van der Waals surface area (Å²) in [6, 6.07) is 10.6. The molecule has 4 heterocycles. The predicted molar refractivity (Wildman–Crippen MR) is 114 cm³/mol. The Balaban J connectivity index is 1.23. The lowest BCUT2D eigenvalue weighted by Gasteiger charge is -2.50. The van der Waals surface area contributed by atoms with E-state index in [1.807, 2.05) is 11.9 Å². The van der Waals surface area contributed by atoms with Gasteiger partial charge in [0, 0.05) is 63.2 Å². The number of aromatic nitrogens is 5. The molecule has 1 saturated carbocycles. The van der Waals surface area contributed by atoms with Gasteiger partial charge in [0.15, 0.2) is 5.82 Å². The van der Waals surface area contributed by atoms with E-state index in [0.717, 1.165) is 44.4 Å². The molecule has 8 heteroatoms. The fraction of sp³-hybridized carbons (Fsp3) is 0.478. The summed E-state index contributed by atoms with van der Waals surface area (Å²) in [5.41, 5.74) is 1.99. The molecule has 0 bridgehead atoms. The Morgan fingerprint density at radius 2 is 2.00 bits per heavy atom. The van der Waals surface area contributed by atoms with Crippen molar-refractivity contribution in [3.8, 4) is 0 Å². The van der Waals surface area contributed by atoms with Gasteiger partial charge in [0.05, 0.1) is 11.8 Å². The minimum absolute atomic E-state index is 0.0208. The Morgan fingerprint density at radius 1 is 1.19 bits per heavy atom. The Bertz CT molecular complexity index is 1090. The van der Waals surface area contributed by atoms with Crippen LogP contribution >= 0.6 is 0 Å². The van der Waals surface area contributed by atoms with Gasteiger partial charge in [-0.25, -0.2) is 4.98 Å². The molecule has 1 spiro atoms. The van der Waals surface area contributed by atoms with Gasteiger partial charge in [-0.3, -0.25) is 19.5 Å². The Kier molecular flexibility index (Phi) is 4.24. The minimum atomic E-state index is 0.0208. The Morgan fingerprint density at radius 3 is 2.71 bits per heavy atom. The molecule has 1 unspecified atom stereocenters. The predicted octanol–water partition coefficient (Wildman–Crippen LogP) is 2.16. The molecular weight excluding hydrogens is 390 g/mol. The number of nitrogens with one attached hydrogen (secondary N) is 1. The van der Waals surface area contributed by atoms with Crippen LogP contribution in [0.1, 0.15) is 52.2 Å². The van der Waals surface area contributed by atoms with Crippen LogP contribution in [-0.2, 0) is 13.6 Å². The van der Waals surface area contributed by atoms with Crippen molar-refractivity contribution in [2.45, 2.75) is 31.2 Å². The van der Waals surface area contributed by atoms with E-state index < -0.39 is 0 Å². The summed E-state index contributed by atoms with van der Waals surface area (Å²) < 4.78 is 1.68. The number of amides is 1. The number of carbonyl (C=O) groups excluding carboxylic acids is 1. The highest BCUT2D eigenvalue weighted by Gasteiger charge is 2.57. The zero-order valence-electron chi connectivity index (χ0n) is 17.7. The van der Waals surface area contributed by atoms with Crippen LogP contribution in [0.3, 0.4) is 0 Å². The van der Waals surface area contributed by atoms with E-state index >= 15 is 0 Å².